The van der Waals surface area contributed by atoms with E-state index in [1.54, 1.807) is 4.68 Å². The molecule has 0 amide bonds. The summed E-state index contributed by atoms with van der Waals surface area (Å²) < 4.78 is 1.81. The number of aryl methyl sites for hydroxylation is 1. The normalized spacial score (nSPS) is 25.1. The third kappa shape index (κ3) is 2.68. The van der Waals surface area contributed by atoms with E-state index in [4.69, 9.17) is 5.73 Å². The molecule has 1 aliphatic rings. The zero-order chi connectivity index (χ0) is 12.4. The van der Waals surface area contributed by atoms with Crippen molar-refractivity contribution in [1.82, 2.24) is 14.7 Å². The van der Waals surface area contributed by atoms with Gasteiger partial charge in [-0.3, -0.25) is 9.58 Å². The number of rotatable bonds is 4. The molecule has 0 aromatic carbocycles. The van der Waals surface area contributed by atoms with Crippen LogP contribution in [0.3, 0.4) is 0 Å². The number of hydrogen-bond acceptors (Lipinski definition) is 4. The van der Waals surface area contributed by atoms with Crippen LogP contribution in [0.25, 0.3) is 0 Å². The van der Waals surface area contributed by atoms with Gasteiger partial charge in [0.2, 0.25) is 0 Å². The molecule has 1 fully saturated rings. The van der Waals surface area contributed by atoms with Crippen molar-refractivity contribution in [2.75, 3.05) is 19.6 Å². The minimum Gasteiger partial charge on any atom is -0.393 e. The molecule has 5 nitrogen and oxygen atoms in total. The third-order valence-electron chi connectivity index (χ3n) is 3.71. The molecule has 1 aromatic heterocycles. The molecule has 3 atom stereocenters. The topological polar surface area (TPSA) is 67.3 Å². The Morgan fingerprint density at radius 3 is 2.88 bits per heavy atom. The zero-order valence-electron chi connectivity index (χ0n) is 10.6. The highest BCUT2D eigenvalue weighted by molar-refractivity contribution is 5.12. The molecule has 1 aliphatic heterocycles. The second-order valence-corrected chi connectivity index (χ2v) is 4.98. The quantitative estimate of drug-likeness (QED) is 0.782. The summed E-state index contributed by atoms with van der Waals surface area (Å²) in [4.78, 5) is 2.36. The van der Waals surface area contributed by atoms with Gasteiger partial charge in [0.15, 0.2) is 0 Å². The highest BCUT2D eigenvalue weighted by Gasteiger charge is 2.31. The number of nitrogens with zero attached hydrogens (tertiary/aromatic N) is 3. The summed E-state index contributed by atoms with van der Waals surface area (Å²) in [5.74, 6) is 0.376. The van der Waals surface area contributed by atoms with Crippen LogP contribution in [0.2, 0.25) is 0 Å². The fourth-order valence-corrected chi connectivity index (χ4v) is 2.60. The minimum atomic E-state index is -0.229. The molecule has 0 spiro atoms. The molecule has 2 heterocycles. The van der Waals surface area contributed by atoms with Crippen LogP contribution in [-0.4, -0.2) is 45.5 Å². The van der Waals surface area contributed by atoms with Crippen LogP contribution < -0.4 is 5.73 Å². The second kappa shape index (κ2) is 5.16. The second-order valence-electron chi connectivity index (χ2n) is 4.98. The lowest BCUT2D eigenvalue weighted by atomic mass is 10.0. The Labute approximate surface area is 102 Å². The van der Waals surface area contributed by atoms with Gasteiger partial charge < -0.3 is 10.8 Å². The Morgan fingerprint density at radius 2 is 2.41 bits per heavy atom. The first-order valence-corrected chi connectivity index (χ1v) is 6.22. The number of aliphatic hydroxyl groups excluding tert-OH is 1. The van der Waals surface area contributed by atoms with Gasteiger partial charge in [-0.25, -0.2) is 0 Å². The van der Waals surface area contributed by atoms with Gasteiger partial charge in [-0.15, -0.1) is 0 Å². The van der Waals surface area contributed by atoms with E-state index < -0.39 is 0 Å². The van der Waals surface area contributed by atoms with E-state index in [9.17, 15) is 5.11 Å². The summed E-state index contributed by atoms with van der Waals surface area (Å²) in [5, 5.41) is 13.8. The van der Waals surface area contributed by atoms with Crippen molar-refractivity contribution in [2.24, 2.45) is 18.7 Å². The molecule has 3 unspecified atom stereocenters. The SMILES string of the molecule is CC(O)C1CCN(C(CN)c2cnn(C)c2)C1. The van der Waals surface area contributed by atoms with E-state index in [1.807, 2.05) is 26.4 Å². The molecule has 0 radical (unpaired) electrons. The Balaban J connectivity index is 2.05. The molecule has 0 aliphatic carbocycles. The lowest BCUT2D eigenvalue weighted by Crippen LogP contribution is -2.33. The number of hydrogen-bond donors (Lipinski definition) is 2. The maximum Gasteiger partial charge on any atom is 0.0552 e. The molecule has 96 valence electrons. The molecular weight excluding hydrogens is 216 g/mol. The van der Waals surface area contributed by atoms with Crippen LogP contribution in [0.15, 0.2) is 12.4 Å². The van der Waals surface area contributed by atoms with Crippen LogP contribution in [0, 0.1) is 5.92 Å². The van der Waals surface area contributed by atoms with Gasteiger partial charge in [0.25, 0.3) is 0 Å². The van der Waals surface area contributed by atoms with Crippen molar-refractivity contribution in [3.63, 3.8) is 0 Å². The summed E-state index contributed by atoms with van der Waals surface area (Å²) in [6.45, 7) is 4.40. The first-order valence-electron chi connectivity index (χ1n) is 6.22. The van der Waals surface area contributed by atoms with E-state index in [1.165, 1.54) is 5.56 Å². The van der Waals surface area contributed by atoms with Gasteiger partial charge in [0, 0.05) is 31.9 Å². The average molecular weight is 238 g/mol. The molecule has 1 saturated heterocycles. The number of aromatic nitrogens is 2. The Morgan fingerprint density at radius 1 is 1.65 bits per heavy atom. The number of likely N-dealkylation sites (tertiary alicyclic amines) is 1. The first-order chi connectivity index (χ1) is 8.11. The highest BCUT2D eigenvalue weighted by atomic mass is 16.3. The van der Waals surface area contributed by atoms with E-state index in [2.05, 4.69) is 10.00 Å². The van der Waals surface area contributed by atoms with Crippen molar-refractivity contribution in [3.8, 4) is 0 Å². The lowest BCUT2D eigenvalue weighted by molar-refractivity contribution is 0.122. The summed E-state index contributed by atoms with van der Waals surface area (Å²) in [6.07, 6.45) is 4.72. The van der Waals surface area contributed by atoms with Gasteiger partial charge in [-0.1, -0.05) is 0 Å². The summed E-state index contributed by atoms with van der Waals surface area (Å²) in [6, 6.07) is 0.229. The molecule has 3 N–H and O–H groups in total. The van der Waals surface area contributed by atoms with Crippen LogP contribution >= 0.6 is 0 Å². The van der Waals surface area contributed by atoms with Crippen LogP contribution in [-0.2, 0) is 7.05 Å². The monoisotopic (exact) mass is 238 g/mol. The molecule has 1 aromatic rings. The van der Waals surface area contributed by atoms with Crippen LogP contribution in [0.1, 0.15) is 24.9 Å². The van der Waals surface area contributed by atoms with Crippen molar-refractivity contribution in [3.05, 3.63) is 18.0 Å². The molecular formula is C12H22N4O. The number of aliphatic hydroxyl groups is 1. The fraction of sp³-hybridized carbons (Fsp3) is 0.750. The van der Waals surface area contributed by atoms with Crippen molar-refractivity contribution >= 4 is 0 Å². The van der Waals surface area contributed by atoms with E-state index in [0.717, 1.165) is 19.5 Å². The standard InChI is InChI=1S/C12H22N4O/c1-9(17)10-3-4-16(8-10)12(5-13)11-6-14-15(2)7-11/h6-7,9-10,12,17H,3-5,8,13H2,1-2H3. The predicted octanol–water partition coefficient (Wildman–Crippen LogP) is 0.123. The fourth-order valence-electron chi connectivity index (χ4n) is 2.60. The molecule has 17 heavy (non-hydrogen) atoms. The van der Waals surface area contributed by atoms with Gasteiger partial charge in [-0.05, 0) is 25.8 Å². The van der Waals surface area contributed by atoms with Gasteiger partial charge in [-0.2, -0.15) is 5.10 Å². The van der Waals surface area contributed by atoms with Gasteiger partial charge in [0.1, 0.15) is 0 Å². The predicted molar refractivity (Wildman–Crippen MR) is 66.4 cm³/mol. The van der Waals surface area contributed by atoms with Gasteiger partial charge in [0.05, 0.1) is 18.3 Å². The number of nitrogens with two attached hydrogens (primary N) is 1. The molecule has 5 heteroatoms. The smallest absolute Gasteiger partial charge is 0.0552 e. The summed E-state index contributed by atoms with van der Waals surface area (Å²) >= 11 is 0. The van der Waals surface area contributed by atoms with E-state index in [0.29, 0.717) is 12.5 Å². The summed E-state index contributed by atoms with van der Waals surface area (Å²) in [5.41, 5.74) is 7.04. The largest absolute Gasteiger partial charge is 0.393 e. The first kappa shape index (κ1) is 12.5. The minimum absolute atomic E-state index is 0.229. The van der Waals surface area contributed by atoms with Crippen molar-refractivity contribution in [1.29, 1.82) is 0 Å². The lowest BCUT2D eigenvalue weighted by Gasteiger charge is -2.26. The maximum atomic E-state index is 9.62. The molecule has 0 saturated carbocycles. The van der Waals surface area contributed by atoms with Crippen molar-refractivity contribution < 1.29 is 5.11 Å². The average Bonchev–Trinajstić information content (AvgIpc) is 2.89. The van der Waals surface area contributed by atoms with Crippen molar-refractivity contribution in [2.45, 2.75) is 25.5 Å². The maximum absolute atomic E-state index is 9.62. The Hall–Kier alpha value is -0.910. The van der Waals surface area contributed by atoms with Crippen LogP contribution in [0.4, 0.5) is 0 Å². The Kier molecular flexibility index (Phi) is 3.81. The Bertz CT molecular complexity index is 363. The highest BCUT2D eigenvalue weighted by Crippen LogP contribution is 2.28. The molecule has 0 bridgehead atoms. The summed E-state index contributed by atoms with van der Waals surface area (Å²) in [7, 11) is 1.92. The van der Waals surface area contributed by atoms with E-state index >= 15 is 0 Å². The van der Waals surface area contributed by atoms with Gasteiger partial charge >= 0.3 is 0 Å². The third-order valence-corrected chi connectivity index (χ3v) is 3.71. The van der Waals surface area contributed by atoms with E-state index in [-0.39, 0.29) is 12.1 Å². The zero-order valence-corrected chi connectivity index (χ0v) is 10.6. The van der Waals surface area contributed by atoms with Crippen LogP contribution in [0.5, 0.6) is 0 Å². The molecule has 2 rings (SSSR count).